The third-order valence-corrected chi connectivity index (χ3v) is 4.77. The van der Waals surface area contributed by atoms with Crippen molar-refractivity contribution >= 4 is 17.1 Å². The molecular formula is C15H20FNO2S. The molecule has 0 heterocycles. The van der Waals surface area contributed by atoms with E-state index in [-0.39, 0.29) is 5.75 Å². The van der Waals surface area contributed by atoms with Crippen molar-refractivity contribution in [3.8, 4) is 5.75 Å². The van der Waals surface area contributed by atoms with Crippen LogP contribution in [0.5, 0.6) is 5.75 Å². The van der Waals surface area contributed by atoms with Crippen LogP contribution in [-0.2, 0) is 17.8 Å². The molecule has 1 aliphatic rings. The van der Waals surface area contributed by atoms with Crippen LogP contribution in [0.25, 0.3) is 0 Å². The van der Waals surface area contributed by atoms with Gasteiger partial charge in [-0.05, 0) is 58.6 Å². The molecule has 0 fully saturated rings. The lowest BCUT2D eigenvalue weighted by molar-refractivity contribution is 0.428. The number of rotatable bonds is 1. The van der Waals surface area contributed by atoms with Crippen molar-refractivity contribution < 1.29 is 14.0 Å². The Morgan fingerprint density at radius 3 is 2.55 bits per heavy atom. The average Bonchev–Trinajstić information content (AvgIpc) is 2.56. The third-order valence-electron chi connectivity index (χ3n) is 3.34. The SMILES string of the molecule is CC(C)(C)[S@@+]([O-])/N=C1/CCCCc2c1ccc(O)c2F. The summed E-state index contributed by atoms with van der Waals surface area (Å²) in [5.74, 6) is -0.902. The number of fused-ring (bicyclic) bond motifs is 1. The lowest BCUT2D eigenvalue weighted by Crippen LogP contribution is -2.27. The Morgan fingerprint density at radius 2 is 1.90 bits per heavy atom. The molecule has 0 saturated heterocycles. The second kappa shape index (κ2) is 5.74. The van der Waals surface area contributed by atoms with E-state index < -0.39 is 21.9 Å². The number of halogens is 1. The zero-order chi connectivity index (χ0) is 14.9. The number of phenols is 1. The van der Waals surface area contributed by atoms with Crippen LogP contribution in [0.3, 0.4) is 0 Å². The van der Waals surface area contributed by atoms with Crippen LogP contribution in [0.4, 0.5) is 4.39 Å². The van der Waals surface area contributed by atoms with Gasteiger partial charge in [0, 0.05) is 11.1 Å². The number of aromatic hydroxyl groups is 1. The molecule has 110 valence electrons. The Hall–Kier alpha value is -1.07. The molecule has 1 aliphatic carbocycles. The number of hydrogen-bond acceptors (Lipinski definition) is 3. The van der Waals surface area contributed by atoms with Gasteiger partial charge in [0.15, 0.2) is 11.6 Å². The molecule has 0 aliphatic heterocycles. The van der Waals surface area contributed by atoms with Crippen molar-refractivity contribution in [3.05, 3.63) is 29.1 Å². The van der Waals surface area contributed by atoms with Gasteiger partial charge in [-0.1, -0.05) is 4.40 Å². The highest BCUT2D eigenvalue weighted by Gasteiger charge is 2.29. The molecule has 0 bridgehead atoms. The molecule has 0 spiro atoms. The van der Waals surface area contributed by atoms with Crippen molar-refractivity contribution in [1.82, 2.24) is 0 Å². The summed E-state index contributed by atoms with van der Waals surface area (Å²) in [6.07, 6.45) is 3.00. The molecular weight excluding hydrogens is 277 g/mol. The molecule has 3 nitrogen and oxygen atoms in total. The van der Waals surface area contributed by atoms with Gasteiger partial charge in [-0.15, -0.1) is 0 Å². The van der Waals surface area contributed by atoms with Crippen LogP contribution in [0.15, 0.2) is 16.5 Å². The quantitative estimate of drug-likeness (QED) is 0.637. The van der Waals surface area contributed by atoms with Crippen LogP contribution >= 0.6 is 0 Å². The minimum absolute atomic E-state index is 0.332. The van der Waals surface area contributed by atoms with E-state index in [9.17, 15) is 14.0 Å². The fraction of sp³-hybridized carbons (Fsp3) is 0.533. The smallest absolute Gasteiger partial charge is 0.168 e. The highest BCUT2D eigenvalue weighted by atomic mass is 32.2. The summed E-state index contributed by atoms with van der Waals surface area (Å²) in [5, 5.41) is 9.49. The van der Waals surface area contributed by atoms with Crippen LogP contribution < -0.4 is 0 Å². The molecule has 0 amide bonds. The molecule has 1 aromatic rings. The van der Waals surface area contributed by atoms with E-state index >= 15 is 0 Å². The van der Waals surface area contributed by atoms with Gasteiger partial charge >= 0.3 is 0 Å². The first-order chi connectivity index (χ1) is 9.30. The van der Waals surface area contributed by atoms with Crippen molar-refractivity contribution in [3.63, 3.8) is 0 Å². The number of phenolic OH excluding ortho intramolecular Hbond substituents is 1. The van der Waals surface area contributed by atoms with Crippen molar-refractivity contribution in [2.45, 2.75) is 51.2 Å². The van der Waals surface area contributed by atoms with Gasteiger partial charge in [-0.25, -0.2) is 4.39 Å². The number of hydrogen-bond donors (Lipinski definition) is 1. The summed E-state index contributed by atoms with van der Waals surface area (Å²) in [5.41, 5.74) is 1.87. The first kappa shape index (κ1) is 15.3. The summed E-state index contributed by atoms with van der Waals surface area (Å²) in [6, 6.07) is 3.02. The molecule has 0 aromatic heterocycles. The third kappa shape index (κ3) is 3.15. The van der Waals surface area contributed by atoms with E-state index in [0.717, 1.165) is 12.8 Å². The molecule has 1 N–H and O–H groups in total. The Morgan fingerprint density at radius 1 is 1.25 bits per heavy atom. The lowest BCUT2D eigenvalue weighted by Gasteiger charge is -2.19. The Labute approximate surface area is 122 Å². The average molecular weight is 297 g/mol. The van der Waals surface area contributed by atoms with E-state index in [1.807, 2.05) is 20.8 Å². The van der Waals surface area contributed by atoms with Crippen LogP contribution in [0.2, 0.25) is 0 Å². The summed E-state index contributed by atoms with van der Waals surface area (Å²) < 4.78 is 30.1. The Balaban J connectivity index is 2.48. The van der Waals surface area contributed by atoms with Crippen LogP contribution in [-0.4, -0.2) is 20.1 Å². The van der Waals surface area contributed by atoms with Crippen molar-refractivity contribution in [2.75, 3.05) is 0 Å². The van der Waals surface area contributed by atoms with Gasteiger partial charge in [-0.3, -0.25) is 0 Å². The fourth-order valence-corrected chi connectivity index (χ4v) is 2.85. The van der Waals surface area contributed by atoms with Gasteiger partial charge in [0.2, 0.25) is 0 Å². The van der Waals surface area contributed by atoms with E-state index in [0.29, 0.717) is 29.7 Å². The first-order valence-corrected chi connectivity index (χ1v) is 7.91. The fourth-order valence-electron chi connectivity index (χ4n) is 2.18. The molecule has 2 rings (SSSR count). The van der Waals surface area contributed by atoms with Crippen molar-refractivity contribution in [1.29, 1.82) is 0 Å². The van der Waals surface area contributed by atoms with E-state index in [2.05, 4.69) is 4.40 Å². The van der Waals surface area contributed by atoms with Gasteiger partial charge in [0.1, 0.15) is 16.1 Å². The minimum atomic E-state index is -1.36. The maximum atomic E-state index is 14.0. The monoisotopic (exact) mass is 297 g/mol. The molecule has 5 heteroatoms. The van der Waals surface area contributed by atoms with E-state index in [1.54, 1.807) is 6.07 Å². The highest BCUT2D eigenvalue weighted by molar-refractivity contribution is 7.91. The van der Waals surface area contributed by atoms with E-state index in [4.69, 9.17) is 0 Å². The summed E-state index contributed by atoms with van der Waals surface area (Å²) >= 11 is -1.36. The Kier molecular flexibility index (Phi) is 4.39. The van der Waals surface area contributed by atoms with E-state index in [1.165, 1.54) is 6.07 Å². The topological polar surface area (TPSA) is 55.7 Å². The Bertz CT molecular complexity index is 537. The summed E-state index contributed by atoms with van der Waals surface area (Å²) in [4.78, 5) is 0. The molecule has 1 aromatic carbocycles. The maximum absolute atomic E-state index is 14.0. The van der Waals surface area contributed by atoms with Crippen LogP contribution in [0.1, 0.15) is 51.2 Å². The second-order valence-electron chi connectivity index (χ2n) is 6.03. The van der Waals surface area contributed by atoms with Crippen molar-refractivity contribution in [2.24, 2.45) is 4.40 Å². The normalized spacial score (nSPS) is 19.6. The number of nitrogens with zero attached hydrogens (tertiary/aromatic N) is 1. The highest BCUT2D eigenvalue weighted by Crippen LogP contribution is 2.30. The zero-order valence-electron chi connectivity index (χ0n) is 12.1. The zero-order valence-corrected chi connectivity index (χ0v) is 12.9. The molecule has 1 atom stereocenters. The molecule has 0 unspecified atom stereocenters. The van der Waals surface area contributed by atoms with Gasteiger partial charge < -0.3 is 9.66 Å². The minimum Gasteiger partial charge on any atom is -0.591 e. The lowest BCUT2D eigenvalue weighted by atomic mass is 10.0. The standard InChI is InChI=1S/C15H20FNO2S/c1-15(2,3)20(19)17-12-7-5-4-6-11-10(12)8-9-13(18)14(11)16/h8-9,18H,4-7H2,1-3H3/b17-12-/t20-/m1/s1. The van der Waals surface area contributed by atoms with Gasteiger partial charge in [0.25, 0.3) is 0 Å². The summed E-state index contributed by atoms with van der Waals surface area (Å²) in [6.45, 7) is 5.59. The summed E-state index contributed by atoms with van der Waals surface area (Å²) in [7, 11) is 0. The number of benzene rings is 1. The first-order valence-electron chi connectivity index (χ1n) is 6.81. The molecule has 20 heavy (non-hydrogen) atoms. The maximum Gasteiger partial charge on any atom is 0.168 e. The molecule has 0 saturated carbocycles. The van der Waals surface area contributed by atoms with Gasteiger partial charge in [-0.2, -0.15) is 0 Å². The predicted octanol–water partition coefficient (Wildman–Crippen LogP) is 3.51. The van der Waals surface area contributed by atoms with Gasteiger partial charge in [0.05, 0.1) is 5.71 Å². The van der Waals surface area contributed by atoms with Crippen LogP contribution in [0, 0.1) is 5.82 Å². The largest absolute Gasteiger partial charge is 0.591 e. The predicted molar refractivity (Wildman–Crippen MR) is 80.1 cm³/mol. The second-order valence-corrected chi connectivity index (χ2v) is 7.94. The molecule has 0 radical (unpaired) electrons.